The summed E-state index contributed by atoms with van der Waals surface area (Å²) in [6.45, 7) is 3.33. The molecule has 1 aromatic rings. The quantitative estimate of drug-likeness (QED) is 0.850. The molecule has 1 saturated heterocycles. The van der Waals surface area contributed by atoms with Crippen molar-refractivity contribution in [1.82, 2.24) is 0 Å². The Balaban J connectivity index is 2.56. The van der Waals surface area contributed by atoms with Gasteiger partial charge in [0, 0.05) is 6.42 Å². The van der Waals surface area contributed by atoms with Crippen molar-refractivity contribution in [2.24, 2.45) is 5.41 Å². The van der Waals surface area contributed by atoms with Crippen LogP contribution in [0.5, 0.6) is 5.75 Å². The molecule has 106 valence electrons. The number of hydrogen-bond donors (Lipinski definition) is 1. The maximum atomic E-state index is 12.2. The first-order chi connectivity index (χ1) is 9.27. The molecule has 6 nitrogen and oxygen atoms in total. The molecule has 2 rings (SSSR count). The highest BCUT2D eigenvalue weighted by Gasteiger charge is 2.46. The molecule has 0 unspecified atom stereocenters. The highest BCUT2D eigenvalue weighted by molar-refractivity contribution is 6.24. The summed E-state index contributed by atoms with van der Waals surface area (Å²) < 4.78 is 4.97. The molecule has 1 aliphatic rings. The minimum absolute atomic E-state index is 0.0664. The van der Waals surface area contributed by atoms with Gasteiger partial charge in [0.2, 0.25) is 11.8 Å². The van der Waals surface area contributed by atoms with Gasteiger partial charge in [-0.2, -0.15) is 0 Å². The van der Waals surface area contributed by atoms with Crippen molar-refractivity contribution in [3.63, 3.8) is 0 Å². The number of amides is 2. The maximum Gasteiger partial charge on any atom is 0.337 e. The summed E-state index contributed by atoms with van der Waals surface area (Å²) >= 11 is 0. The Bertz CT molecular complexity index is 606. The number of imide groups is 1. The molecule has 6 heteroatoms. The Kier molecular flexibility index (Phi) is 3.25. The fourth-order valence-electron chi connectivity index (χ4n) is 2.20. The zero-order chi connectivity index (χ0) is 15.1. The third-order valence-corrected chi connectivity index (χ3v) is 3.30. The molecular weight excluding hydrogens is 262 g/mol. The van der Waals surface area contributed by atoms with Crippen LogP contribution in [0.3, 0.4) is 0 Å². The lowest BCUT2D eigenvalue weighted by molar-refractivity contribution is -0.124. The molecule has 1 aliphatic heterocycles. The number of carbonyl (C=O) groups excluding carboxylic acids is 2. The first-order valence-electron chi connectivity index (χ1n) is 6.06. The van der Waals surface area contributed by atoms with E-state index in [1.807, 2.05) is 0 Å². The molecule has 0 aliphatic carbocycles. The van der Waals surface area contributed by atoms with Crippen LogP contribution in [0, 0.1) is 5.41 Å². The van der Waals surface area contributed by atoms with Crippen molar-refractivity contribution in [2.45, 2.75) is 20.3 Å². The van der Waals surface area contributed by atoms with Crippen LogP contribution < -0.4 is 9.64 Å². The van der Waals surface area contributed by atoms with Crippen LogP contribution in [0.25, 0.3) is 0 Å². The highest BCUT2D eigenvalue weighted by atomic mass is 16.5. The van der Waals surface area contributed by atoms with Gasteiger partial charge in [-0.1, -0.05) is 13.8 Å². The normalized spacial score (nSPS) is 17.4. The molecule has 2 amide bonds. The molecule has 0 radical (unpaired) electrons. The van der Waals surface area contributed by atoms with Gasteiger partial charge in [0.25, 0.3) is 0 Å². The topological polar surface area (TPSA) is 83.9 Å². The first-order valence-corrected chi connectivity index (χ1v) is 6.06. The van der Waals surface area contributed by atoms with Gasteiger partial charge >= 0.3 is 5.97 Å². The van der Waals surface area contributed by atoms with Crippen LogP contribution >= 0.6 is 0 Å². The average molecular weight is 277 g/mol. The van der Waals surface area contributed by atoms with E-state index in [1.54, 1.807) is 13.8 Å². The molecule has 0 aromatic heterocycles. The van der Waals surface area contributed by atoms with E-state index in [1.165, 1.54) is 25.3 Å². The first kappa shape index (κ1) is 14.0. The molecule has 0 bridgehead atoms. The van der Waals surface area contributed by atoms with E-state index >= 15 is 0 Å². The predicted octanol–water partition coefficient (Wildman–Crippen LogP) is 1.68. The Morgan fingerprint density at radius 2 is 2.00 bits per heavy atom. The summed E-state index contributed by atoms with van der Waals surface area (Å²) in [7, 11) is 1.41. The largest absolute Gasteiger partial charge is 0.497 e. The molecular formula is C14H15NO5. The number of methoxy groups -OCH3 is 1. The van der Waals surface area contributed by atoms with E-state index in [2.05, 4.69) is 0 Å². The van der Waals surface area contributed by atoms with Gasteiger partial charge in [0.1, 0.15) is 5.75 Å². The van der Waals surface area contributed by atoms with Gasteiger partial charge < -0.3 is 9.84 Å². The van der Waals surface area contributed by atoms with Gasteiger partial charge in [0.05, 0.1) is 23.8 Å². The number of aromatic carboxylic acids is 1. The number of benzene rings is 1. The monoisotopic (exact) mass is 277 g/mol. The SMILES string of the molecule is COc1ccc(N2C(=O)CC(C)(C)C2=O)c(C(=O)O)c1. The molecule has 1 N–H and O–H groups in total. The summed E-state index contributed by atoms with van der Waals surface area (Å²) in [6.07, 6.45) is 0.0664. The number of carbonyl (C=O) groups is 3. The lowest BCUT2D eigenvalue weighted by Gasteiger charge is -2.19. The Hall–Kier alpha value is -2.37. The lowest BCUT2D eigenvalue weighted by Crippen LogP contribution is -2.34. The molecule has 0 atom stereocenters. The number of carboxylic acid groups (broad SMARTS) is 1. The Labute approximate surface area is 115 Å². The standard InChI is InChI=1S/C14H15NO5/c1-14(2)7-11(16)15(13(14)19)10-5-4-8(20-3)6-9(10)12(17)18/h4-6H,7H2,1-3H3,(H,17,18). The van der Waals surface area contributed by atoms with Gasteiger partial charge in [-0.3, -0.25) is 9.59 Å². The molecule has 0 spiro atoms. The molecule has 20 heavy (non-hydrogen) atoms. The summed E-state index contributed by atoms with van der Waals surface area (Å²) in [6, 6.07) is 4.23. The van der Waals surface area contributed by atoms with Crippen molar-refractivity contribution in [3.05, 3.63) is 23.8 Å². The van der Waals surface area contributed by atoms with Crippen molar-refractivity contribution < 1.29 is 24.2 Å². The van der Waals surface area contributed by atoms with Crippen LogP contribution in [0.1, 0.15) is 30.6 Å². The number of carboxylic acids is 1. The van der Waals surface area contributed by atoms with E-state index in [4.69, 9.17) is 4.74 Å². The second-order valence-electron chi connectivity index (χ2n) is 5.28. The predicted molar refractivity (Wildman–Crippen MR) is 70.8 cm³/mol. The highest BCUT2D eigenvalue weighted by Crippen LogP contribution is 2.37. The fourth-order valence-corrected chi connectivity index (χ4v) is 2.20. The summed E-state index contributed by atoms with van der Waals surface area (Å²) in [5, 5.41) is 9.24. The Morgan fingerprint density at radius 3 is 2.45 bits per heavy atom. The van der Waals surface area contributed by atoms with E-state index < -0.39 is 23.2 Å². The zero-order valence-corrected chi connectivity index (χ0v) is 11.5. The van der Waals surface area contributed by atoms with E-state index in [-0.39, 0.29) is 17.7 Å². The third-order valence-electron chi connectivity index (χ3n) is 3.30. The second kappa shape index (κ2) is 4.63. The van der Waals surface area contributed by atoms with E-state index in [0.717, 1.165) is 4.90 Å². The van der Waals surface area contributed by atoms with E-state index in [0.29, 0.717) is 5.75 Å². The van der Waals surface area contributed by atoms with Crippen LogP contribution in [0.4, 0.5) is 5.69 Å². The molecule has 1 fully saturated rings. The lowest BCUT2D eigenvalue weighted by atomic mass is 9.92. The third kappa shape index (κ3) is 2.13. The number of anilines is 1. The van der Waals surface area contributed by atoms with Crippen molar-refractivity contribution in [1.29, 1.82) is 0 Å². The van der Waals surface area contributed by atoms with Crippen molar-refractivity contribution in [3.8, 4) is 5.75 Å². The van der Waals surface area contributed by atoms with Gasteiger partial charge in [-0.25, -0.2) is 9.69 Å². The van der Waals surface area contributed by atoms with Crippen LogP contribution in [-0.2, 0) is 9.59 Å². The smallest absolute Gasteiger partial charge is 0.337 e. The van der Waals surface area contributed by atoms with Crippen molar-refractivity contribution >= 4 is 23.5 Å². The van der Waals surface area contributed by atoms with Gasteiger partial charge in [-0.05, 0) is 18.2 Å². The average Bonchev–Trinajstić information content (AvgIpc) is 2.57. The van der Waals surface area contributed by atoms with Gasteiger partial charge in [-0.15, -0.1) is 0 Å². The molecule has 1 heterocycles. The molecule has 1 aromatic carbocycles. The zero-order valence-electron chi connectivity index (χ0n) is 11.5. The molecule has 0 saturated carbocycles. The summed E-state index contributed by atoms with van der Waals surface area (Å²) in [5.41, 5.74) is -0.866. The van der Waals surface area contributed by atoms with Crippen LogP contribution in [0.2, 0.25) is 0 Å². The number of hydrogen-bond acceptors (Lipinski definition) is 4. The summed E-state index contributed by atoms with van der Waals surface area (Å²) in [5.74, 6) is -1.66. The minimum Gasteiger partial charge on any atom is -0.497 e. The Morgan fingerprint density at radius 1 is 1.35 bits per heavy atom. The number of ether oxygens (including phenoxy) is 1. The second-order valence-corrected chi connectivity index (χ2v) is 5.28. The number of nitrogens with zero attached hydrogens (tertiary/aromatic N) is 1. The van der Waals surface area contributed by atoms with Crippen LogP contribution in [0.15, 0.2) is 18.2 Å². The summed E-state index contributed by atoms with van der Waals surface area (Å²) in [4.78, 5) is 36.5. The minimum atomic E-state index is -1.22. The van der Waals surface area contributed by atoms with Crippen molar-refractivity contribution in [2.75, 3.05) is 12.0 Å². The fraction of sp³-hybridized carbons (Fsp3) is 0.357. The van der Waals surface area contributed by atoms with E-state index in [9.17, 15) is 19.5 Å². The number of rotatable bonds is 3. The van der Waals surface area contributed by atoms with Gasteiger partial charge in [0.15, 0.2) is 0 Å². The van der Waals surface area contributed by atoms with Crippen LogP contribution in [-0.4, -0.2) is 30.0 Å². The maximum absolute atomic E-state index is 12.2.